The Kier molecular flexibility index (Phi) is 4.82. The highest BCUT2D eigenvalue weighted by molar-refractivity contribution is 5.86. The second kappa shape index (κ2) is 7.02. The molecule has 0 aromatic heterocycles. The average molecular weight is 315 g/mol. The third-order valence-corrected chi connectivity index (χ3v) is 4.89. The topological polar surface area (TPSA) is 3.24 Å². The molecule has 0 unspecified atom stereocenters. The van der Waals surface area contributed by atoms with Crippen molar-refractivity contribution in [2.75, 3.05) is 13.6 Å². The van der Waals surface area contributed by atoms with E-state index in [9.17, 15) is 0 Å². The number of likely N-dealkylation sites (N-methyl/N-ethyl adjacent to an activating group) is 1. The predicted octanol–water partition coefficient (Wildman–Crippen LogP) is 5.72. The maximum Gasteiger partial charge on any atom is 0.0410 e. The van der Waals surface area contributed by atoms with Crippen LogP contribution in [0.2, 0.25) is 0 Å². The molecule has 24 heavy (non-hydrogen) atoms. The van der Waals surface area contributed by atoms with Crippen molar-refractivity contribution < 1.29 is 0 Å². The maximum atomic E-state index is 2.40. The molecular formula is C23H25N. The SMILES string of the molecule is CN(C/C=C/c1ccccc1)C(C)(C)c1cccc2ccccc12. The first-order chi connectivity index (χ1) is 11.6. The first-order valence-electron chi connectivity index (χ1n) is 8.50. The Bertz CT molecular complexity index is 826. The maximum absolute atomic E-state index is 2.40. The number of hydrogen-bond acceptors (Lipinski definition) is 1. The largest absolute Gasteiger partial charge is 0.294 e. The fourth-order valence-electron chi connectivity index (χ4n) is 3.10. The molecule has 0 spiro atoms. The van der Waals surface area contributed by atoms with E-state index in [4.69, 9.17) is 0 Å². The molecule has 0 saturated heterocycles. The molecule has 3 aromatic rings. The Morgan fingerprint density at radius 2 is 1.50 bits per heavy atom. The zero-order chi connectivity index (χ0) is 17.0. The quantitative estimate of drug-likeness (QED) is 0.582. The number of fused-ring (bicyclic) bond motifs is 1. The second-order valence-electron chi connectivity index (χ2n) is 6.78. The molecule has 0 saturated carbocycles. The lowest BCUT2D eigenvalue weighted by Gasteiger charge is -2.36. The van der Waals surface area contributed by atoms with Crippen LogP contribution in [0.3, 0.4) is 0 Å². The zero-order valence-corrected chi connectivity index (χ0v) is 14.7. The van der Waals surface area contributed by atoms with Gasteiger partial charge in [0.2, 0.25) is 0 Å². The van der Waals surface area contributed by atoms with Crippen LogP contribution in [0.15, 0.2) is 78.9 Å². The van der Waals surface area contributed by atoms with Gasteiger partial charge in [-0.2, -0.15) is 0 Å². The third-order valence-electron chi connectivity index (χ3n) is 4.89. The molecule has 122 valence electrons. The van der Waals surface area contributed by atoms with Crippen molar-refractivity contribution in [1.29, 1.82) is 0 Å². The van der Waals surface area contributed by atoms with Gasteiger partial charge in [-0.3, -0.25) is 4.90 Å². The Labute approximate surface area is 145 Å². The zero-order valence-electron chi connectivity index (χ0n) is 14.7. The van der Waals surface area contributed by atoms with E-state index in [2.05, 4.69) is 105 Å². The van der Waals surface area contributed by atoms with Gasteiger partial charge in [-0.25, -0.2) is 0 Å². The number of hydrogen-bond donors (Lipinski definition) is 0. The Balaban J connectivity index is 1.82. The fraction of sp³-hybridized carbons (Fsp3) is 0.217. The lowest BCUT2D eigenvalue weighted by atomic mass is 9.88. The number of benzene rings is 3. The van der Waals surface area contributed by atoms with Crippen LogP contribution in [-0.2, 0) is 5.54 Å². The second-order valence-corrected chi connectivity index (χ2v) is 6.78. The van der Waals surface area contributed by atoms with Gasteiger partial charge in [0.05, 0.1) is 0 Å². The van der Waals surface area contributed by atoms with Crippen LogP contribution in [0.4, 0.5) is 0 Å². The monoisotopic (exact) mass is 315 g/mol. The van der Waals surface area contributed by atoms with E-state index in [0.29, 0.717) is 0 Å². The van der Waals surface area contributed by atoms with Gasteiger partial charge in [0, 0.05) is 12.1 Å². The predicted molar refractivity (Wildman–Crippen MR) is 105 cm³/mol. The van der Waals surface area contributed by atoms with Gasteiger partial charge in [0.25, 0.3) is 0 Å². The molecule has 0 fully saturated rings. The van der Waals surface area contributed by atoms with Crippen molar-refractivity contribution >= 4 is 16.8 Å². The van der Waals surface area contributed by atoms with Crippen molar-refractivity contribution in [1.82, 2.24) is 4.90 Å². The van der Waals surface area contributed by atoms with Gasteiger partial charge < -0.3 is 0 Å². The van der Waals surface area contributed by atoms with E-state index in [0.717, 1.165) is 6.54 Å². The Morgan fingerprint density at radius 1 is 0.833 bits per heavy atom. The summed E-state index contributed by atoms with van der Waals surface area (Å²) in [7, 11) is 2.19. The van der Waals surface area contributed by atoms with Crippen LogP contribution < -0.4 is 0 Å². The van der Waals surface area contributed by atoms with Gasteiger partial charge in [-0.15, -0.1) is 0 Å². The summed E-state index contributed by atoms with van der Waals surface area (Å²) in [5, 5.41) is 2.64. The molecule has 3 rings (SSSR count). The normalized spacial score (nSPS) is 12.3. The van der Waals surface area contributed by atoms with E-state index in [1.54, 1.807) is 0 Å². The highest BCUT2D eigenvalue weighted by atomic mass is 15.2. The summed E-state index contributed by atoms with van der Waals surface area (Å²) in [5.41, 5.74) is 2.58. The highest BCUT2D eigenvalue weighted by Gasteiger charge is 2.26. The van der Waals surface area contributed by atoms with E-state index in [1.807, 2.05) is 6.07 Å². The molecule has 1 heteroatoms. The van der Waals surface area contributed by atoms with Gasteiger partial charge in [-0.05, 0) is 42.8 Å². The summed E-state index contributed by atoms with van der Waals surface area (Å²) < 4.78 is 0. The van der Waals surface area contributed by atoms with Crippen LogP contribution >= 0.6 is 0 Å². The van der Waals surface area contributed by atoms with E-state index in [-0.39, 0.29) is 5.54 Å². The van der Waals surface area contributed by atoms with Gasteiger partial charge in [0.15, 0.2) is 0 Å². The van der Waals surface area contributed by atoms with Crippen LogP contribution in [0.5, 0.6) is 0 Å². The van der Waals surface area contributed by atoms with Crippen molar-refractivity contribution in [2.45, 2.75) is 19.4 Å². The fourth-order valence-corrected chi connectivity index (χ4v) is 3.10. The summed E-state index contributed by atoms with van der Waals surface area (Å²) in [4.78, 5) is 2.40. The Morgan fingerprint density at radius 3 is 2.29 bits per heavy atom. The van der Waals surface area contributed by atoms with Gasteiger partial charge >= 0.3 is 0 Å². The number of nitrogens with zero attached hydrogens (tertiary/aromatic N) is 1. The molecule has 0 aliphatic rings. The van der Waals surface area contributed by atoms with Crippen molar-refractivity contribution in [3.8, 4) is 0 Å². The van der Waals surface area contributed by atoms with Crippen LogP contribution in [-0.4, -0.2) is 18.5 Å². The van der Waals surface area contributed by atoms with E-state index in [1.165, 1.54) is 21.9 Å². The standard InChI is InChI=1S/C23H25N/c1-23(2,22-17-9-15-20-14-7-8-16-21(20)22)24(3)18-10-13-19-11-5-4-6-12-19/h4-17H,18H2,1-3H3/b13-10+. The molecular weight excluding hydrogens is 290 g/mol. The molecule has 0 aliphatic heterocycles. The van der Waals surface area contributed by atoms with Crippen LogP contribution in [0.25, 0.3) is 16.8 Å². The van der Waals surface area contributed by atoms with Crippen molar-refractivity contribution in [2.24, 2.45) is 0 Å². The van der Waals surface area contributed by atoms with Crippen molar-refractivity contribution in [3.05, 3.63) is 90.0 Å². The lowest BCUT2D eigenvalue weighted by Crippen LogP contribution is -2.38. The van der Waals surface area contributed by atoms with Crippen molar-refractivity contribution in [3.63, 3.8) is 0 Å². The molecule has 0 amide bonds. The smallest absolute Gasteiger partial charge is 0.0410 e. The Hall–Kier alpha value is -2.38. The third kappa shape index (κ3) is 3.42. The summed E-state index contributed by atoms with van der Waals surface area (Å²) in [6, 6.07) is 25.7. The van der Waals surface area contributed by atoms with E-state index >= 15 is 0 Å². The molecule has 0 radical (unpaired) electrons. The highest BCUT2D eigenvalue weighted by Crippen LogP contribution is 2.32. The molecule has 0 N–H and O–H groups in total. The minimum Gasteiger partial charge on any atom is -0.294 e. The molecule has 0 bridgehead atoms. The first kappa shape index (κ1) is 16.5. The number of rotatable bonds is 5. The first-order valence-corrected chi connectivity index (χ1v) is 8.50. The molecule has 1 nitrogen and oxygen atoms in total. The van der Waals surface area contributed by atoms with Crippen LogP contribution in [0.1, 0.15) is 25.0 Å². The minimum absolute atomic E-state index is 0.0398. The lowest BCUT2D eigenvalue weighted by molar-refractivity contribution is 0.177. The molecule has 3 aromatic carbocycles. The van der Waals surface area contributed by atoms with Crippen LogP contribution in [0, 0.1) is 0 Å². The summed E-state index contributed by atoms with van der Waals surface area (Å²) in [6.45, 7) is 5.50. The minimum atomic E-state index is -0.0398. The van der Waals surface area contributed by atoms with Gasteiger partial charge in [-0.1, -0.05) is 84.9 Å². The van der Waals surface area contributed by atoms with Gasteiger partial charge in [0.1, 0.15) is 0 Å². The molecule has 0 aliphatic carbocycles. The average Bonchev–Trinajstić information content (AvgIpc) is 2.62. The molecule has 0 atom stereocenters. The van der Waals surface area contributed by atoms with E-state index < -0.39 is 0 Å². The summed E-state index contributed by atoms with van der Waals surface area (Å²) in [5.74, 6) is 0. The molecule has 0 heterocycles. The summed E-state index contributed by atoms with van der Waals surface area (Å²) >= 11 is 0. The summed E-state index contributed by atoms with van der Waals surface area (Å²) in [6.07, 6.45) is 4.43.